The molecule has 0 saturated carbocycles. The molecule has 1 aromatic carbocycles. The largest absolute Gasteiger partial charge is 0.416 e. The third kappa shape index (κ3) is 3.99. The summed E-state index contributed by atoms with van der Waals surface area (Å²) >= 11 is 0. The molecule has 4 nitrogen and oxygen atoms in total. The standard InChI is InChI=1S/C18H14F3N3O/c1-11-13(10-16-17(24-11)23-6-5-22-16)9-15(25)8-12-3-2-4-14(7-12)18(19,20)21/h2-7,10H,8-9H2,1H3. The predicted octanol–water partition coefficient (Wildman–Crippen LogP) is 3.71. The maximum Gasteiger partial charge on any atom is 0.416 e. The second-order valence-electron chi connectivity index (χ2n) is 5.72. The first-order chi connectivity index (χ1) is 11.8. The predicted molar refractivity (Wildman–Crippen MR) is 85.9 cm³/mol. The van der Waals surface area contributed by atoms with Crippen LogP contribution in [0.15, 0.2) is 42.7 Å². The van der Waals surface area contributed by atoms with Crippen molar-refractivity contribution in [1.29, 1.82) is 0 Å². The Labute approximate surface area is 141 Å². The highest BCUT2D eigenvalue weighted by Gasteiger charge is 2.30. The molecule has 0 fully saturated rings. The zero-order chi connectivity index (χ0) is 18.0. The van der Waals surface area contributed by atoms with E-state index in [9.17, 15) is 18.0 Å². The summed E-state index contributed by atoms with van der Waals surface area (Å²) < 4.78 is 38.2. The van der Waals surface area contributed by atoms with Crippen LogP contribution in [0.4, 0.5) is 13.2 Å². The second-order valence-corrected chi connectivity index (χ2v) is 5.72. The number of carbonyl (C=O) groups is 1. The average Bonchev–Trinajstić information content (AvgIpc) is 2.55. The fourth-order valence-electron chi connectivity index (χ4n) is 2.57. The zero-order valence-electron chi connectivity index (χ0n) is 13.3. The third-order valence-electron chi connectivity index (χ3n) is 3.80. The molecule has 0 aliphatic heterocycles. The number of aromatic nitrogens is 3. The van der Waals surface area contributed by atoms with E-state index in [4.69, 9.17) is 0 Å². The third-order valence-corrected chi connectivity index (χ3v) is 3.80. The van der Waals surface area contributed by atoms with Crippen molar-refractivity contribution in [3.05, 3.63) is 65.1 Å². The van der Waals surface area contributed by atoms with Crippen molar-refractivity contribution in [1.82, 2.24) is 15.0 Å². The number of Topliss-reactive ketones (excluding diaryl/α,β-unsaturated/α-hetero) is 1. The number of aryl methyl sites for hydroxylation is 1. The van der Waals surface area contributed by atoms with Gasteiger partial charge < -0.3 is 0 Å². The van der Waals surface area contributed by atoms with Crippen molar-refractivity contribution in [2.75, 3.05) is 0 Å². The number of hydrogen-bond donors (Lipinski definition) is 0. The fraction of sp³-hybridized carbons (Fsp3) is 0.222. The molecular weight excluding hydrogens is 331 g/mol. The Hall–Kier alpha value is -2.83. The lowest BCUT2D eigenvalue weighted by Gasteiger charge is -2.09. The first kappa shape index (κ1) is 17.0. The Morgan fingerprint density at radius 1 is 1.08 bits per heavy atom. The van der Waals surface area contributed by atoms with Gasteiger partial charge in [-0.2, -0.15) is 13.2 Å². The van der Waals surface area contributed by atoms with E-state index in [0.717, 1.165) is 12.1 Å². The molecule has 7 heteroatoms. The van der Waals surface area contributed by atoms with E-state index in [1.165, 1.54) is 24.5 Å². The van der Waals surface area contributed by atoms with Crippen molar-refractivity contribution < 1.29 is 18.0 Å². The molecule has 0 aliphatic carbocycles. The summed E-state index contributed by atoms with van der Waals surface area (Å²) in [4.78, 5) is 24.8. The molecular formula is C18H14F3N3O. The normalized spacial score (nSPS) is 11.7. The Morgan fingerprint density at radius 3 is 2.60 bits per heavy atom. The van der Waals surface area contributed by atoms with Crippen molar-refractivity contribution in [3.63, 3.8) is 0 Å². The maximum absolute atomic E-state index is 12.7. The van der Waals surface area contributed by atoms with Gasteiger partial charge in [-0.25, -0.2) is 9.97 Å². The molecule has 0 spiro atoms. The van der Waals surface area contributed by atoms with Crippen molar-refractivity contribution >= 4 is 16.9 Å². The zero-order valence-corrected chi connectivity index (χ0v) is 13.3. The number of benzene rings is 1. The first-order valence-electron chi connectivity index (χ1n) is 7.58. The van der Waals surface area contributed by atoms with Gasteiger partial charge in [0.25, 0.3) is 0 Å². The van der Waals surface area contributed by atoms with Crippen molar-refractivity contribution in [2.45, 2.75) is 25.9 Å². The quantitative estimate of drug-likeness (QED) is 0.723. The molecule has 128 valence electrons. The lowest BCUT2D eigenvalue weighted by molar-refractivity contribution is -0.137. The molecule has 0 amide bonds. The smallest absolute Gasteiger partial charge is 0.299 e. The van der Waals surface area contributed by atoms with Gasteiger partial charge in [0.2, 0.25) is 0 Å². The summed E-state index contributed by atoms with van der Waals surface area (Å²) in [5.41, 5.74) is 2.02. The topological polar surface area (TPSA) is 55.7 Å². The number of pyridine rings is 1. The molecule has 25 heavy (non-hydrogen) atoms. The first-order valence-corrected chi connectivity index (χ1v) is 7.58. The van der Waals surface area contributed by atoms with Gasteiger partial charge in [0.15, 0.2) is 5.65 Å². The molecule has 2 heterocycles. The minimum atomic E-state index is -4.42. The molecule has 0 atom stereocenters. The van der Waals surface area contributed by atoms with Crippen LogP contribution >= 0.6 is 0 Å². The van der Waals surface area contributed by atoms with Crippen LogP contribution in [-0.4, -0.2) is 20.7 Å². The molecule has 0 radical (unpaired) electrons. The minimum absolute atomic E-state index is 0.0676. The van der Waals surface area contributed by atoms with E-state index in [-0.39, 0.29) is 18.6 Å². The number of ketones is 1. The minimum Gasteiger partial charge on any atom is -0.299 e. The summed E-state index contributed by atoms with van der Waals surface area (Å²) in [6.45, 7) is 1.76. The summed E-state index contributed by atoms with van der Waals surface area (Å²) in [6, 6.07) is 6.57. The van der Waals surface area contributed by atoms with Crippen LogP contribution < -0.4 is 0 Å². The van der Waals surface area contributed by atoms with E-state index in [0.29, 0.717) is 28.0 Å². The number of alkyl halides is 3. The van der Waals surface area contributed by atoms with E-state index >= 15 is 0 Å². The van der Waals surface area contributed by atoms with Gasteiger partial charge in [0, 0.05) is 30.9 Å². The fourth-order valence-corrected chi connectivity index (χ4v) is 2.57. The van der Waals surface area contributed by atoms with Gasteiger partial charge >= 0.3 is 6.18 Å². The van der Waals surface area contributed by atoms with E-state index in [1.54, 1.807) is 13.0 Å². The number of hydrogen-bond acceptors (Lipinski definition) is 4. The van der Waals surface area contributed by atoms with Crippen LogP contribution in [0.2, 0.25) is 0 Å². The van der Waals surface area contributed by atoms with Crippen LogP contribution in [-0.2, 0) is 23.8 Å². The summed E-state index contributed by atoms with van der Waals surface area (Å²) in [6.07, 6.45) is -1.33. The lowest BCUT2D eigenvalue weighted by Crippen LogP contribution is -2.10. The highest BCUT2D eigenvalue weighted by Crippen LogP contribution is 2.29. The summed E-state index contributed by atoms with van der Waals surface area (Å²) in [7, 11) is 0. The Bertz CT molecular complexity index is 938. The number of carbonyl (C=O) groups excluding carboxylic acids is 1. The lowest BCUT2D eigenvalue weighted by atomic mass is 10.0. The molecule has 3 aromatic rings. The Morgan fingerprint density at radius 2 is 1.84 bits per heavy atom. The van der Waals surface area contributed by atoms with Gasteiger partial charge in [0.1, 0.15) is 11.3 Å². The number of fused-ring (bicyclic) bond motifs is 1. The van der Waals surface area contributed by atoms with Crippen molar-refractivity contribution in [3.8, 4) is 0 Å². The van der Waals surface area contributed by atoms with Crippen LogP contribution in [0.5, 0.6) is 0 Å². The van der Waals surface area contributed by atoms with Crippen LogP contribution in [0.1, 0.15) is 22.4 Å². The molecule has 2 aromatic heterocycles. The van der Waals surface area contributed by atoms with Crippen molar-refractivity contribution in [2.24, 2.45) is 0 Å². The van der Waals surface area contributed by atoms with Gasteiger partial charge in [-0.15, -0.1) is 0 Å². The molecule has 0 bridgehead atoms. The molecule has 0 saturated heterocycles. The average molecular weight is 345 g/mol. The monoisotopic (exact) mass is 345 g/mol. The number of rotatable bonds is 4. The Kier molecular flexibility index (Phi) is 4.48. The maximum atomic E-state index is 12.7. The van der Waals surface area contributed by atoms with Crippen LogP contribution in [0.3, 0.4) is 0 Å². The van der Waals surface area contributed by atoms with Crippen LogP contribution in [0.25, 0.3) is 11.2 Å². The SMILES string of the molecule is Cc1nc2nccnc2cc1CC(=O)Cc1cccc(C(F)(F)F)c1. The number of nitrogens with zero attached hydrogens (tertiary/aromatic N) is 3. The van der Waals surface area contributed by atoms with E-state index in [1.807, 2.05) is 0 Å². The Balaban J connectivity index is 1.78. The van der Waals surface area contributed by atoms with E-state index < -0.39 is 11.7 Å². The molecule has 0 aliphatic rings. The molecule has 0 N–H and O–H groups in total. The highest BCUT2D eigenvalue weighted by atomic mass is 19.4. The summed E-state index contributed by atoms with van der Waals surface area (Å²) in [5.74, 6) is -0.188. The second kappa shape index (κ2) is 6.58. The van der Waals surface area contributed by atoms with E-state index in [2.05, 4.69) is 15.0 Å². The highest BCUT2D eigenvalue weighted by molar-refractivity contribution is 5.84. The van der Waals surface area contributed by atoms with Crippen LogP contribution in [0, 0.1) is 6.92 Å². The molecule has 0 unspecified atom stereocenters. The number of halogens is 3. The van der Waals surface area contributed by atoms with Gasteiger partial charge in [-0.05, 0) is 30.2 Å². The van der Waals surface area contributed by atoms with Gasteiger partial charge in [0.05, 0.1) is 5.56 Å². The van der Waals surface area contributed by atoms with Gasteiger partial charge in [-0.1, -0.05) is 18.2 Å². The van der Waals surface area contributed by atoms with Gasteiger partial charge in [-0.3, -0.25) is 9.78 Å². The summed E-state index contributed by atoms with van der Waals surface area (Å²) in [5, 5.41) is 0. The molecule has 3 rings (SSSR count).